The summed E-state index contributed by atoms with van der Waals surface area (Å²) in [7, 11) is 0. The second-order valence-electron chi connectivity index (χ2n) is 8.07. The number of aromatic amines is 1. The number of nitro groups is 1. The van der Waals surface area contributed by atoms with Crippen LogP contribution in [0.25, 0.3) is 16.6 Å². The molecule has 2 aromatic carbocycles. The first-order valence-electron chi connectivity index (χ1n) is 9.44. The molecule has 2 aromatic heterocycles. The molecular weight excluding hydrogens is 403 g/mol. The minimum atomic E-state index is -0.560. The Balaban J connectivity index is 1.75. The standard InChI is InChI=1S/C21H19FN6O3/c1-21(2,3)17-11-18(27(26-17)13-6-4-12(22)5-7-13)23-20(29)19-15-10-14(28(30)31)8-9-16(15)24-25-19/h4-11H,1-3H3,(H,23,29)(H,24,25). The first-order chi connectivity index (χ1) is 14.6. The van der Waals surface area contributed by atoms with E-state index in [9.17, 15) is 19.3 Å². The van der Waals surface area contributed by atoms with E-state index in [1.54, 1.807) is 18.2 Å². The molecule has 2 heterocycles. The van der Waals surface area contributed by atoms with Crippen LogP contribution < -0.4 is 5.32 Å². The van der Waals surface area contributed by atoms with Gasteiger partial charge in [-0.05, 0) is 30.3 Å². The zero-order valence-corrected chi connectivity index (χ0v) is 17.0. The van der Waals surface area contributed by atoms with Crippen LogP contribution in [0, 0.1) is 15.9 Å². The quantitative estimate of drug-likeness (QED) is 0.374. The van der Waals surface area contributed by atoms with E-state index >= 15 is 0 Å². The Kier molecular flexibility index (Phi) is 4.77. The van der Waals surface area contributed by atoms with Crippen LogP contribution in [-0.2, 0) is 5.41 Å². The number of carbonyl (C=O) groups excluding carboxylic acids is 1. The number of nitrogens with zero attached hydrogens (tertiary/aromatic N) is 4. The molecule has 0 radical (unpaired) electrons. The summed E-state index contributed by atoms with van der Waals surface area (Å²) in [5, 5.41) is 25.5. The van der Waals surface area contributed by atoms with Gasteiger partial charge in [0.25, 0.3) is 11.6 Å². The summed E-state index contributed by atoms with van der Waals surface area (Å²) in [4.78, 5) is 23.6. The third-order valence-corrected chi connectivity index (χ3v) is 4.76. The van der Waals surface area contributed by atoms with Gasteiger partial charge in [0, 0.05) is 29.0 Å². The second kappa shape index (κ2) is 7.31. The molecule has 0 saturated carbocycles. The number of non-ortho nitro benzene ring substituents is 1. The summed E-state index contributed by atoms with van der Waals surface area (Å²) in [5.41, 5.74) is 1.35. The van der Waals surface area contributed by atoms with Gasteiger partial charge in [0.2, 0.25) is 0 Å². The molecule has 31 heavy (non-hydrogen) atoms. The van der Waals surface area contributed by atoms with Gasteiger partial charge in [-0.1, -0.05) is 20.8 Å². The third kappa shape index (κ3) is 3.87. The maximum atomic E-state index is 13.4. The Morgan fingerprint density at radius 1 is 1.16 bits per heavy atom. The van der Waals surface area contributed by atoms with E-state index in [1.807, 2.05) is 20.8 Å². The third-order valence-electron chi connectivity index (χ3n) is 4.76. The van der Waals surface area contributed by atoms with Crippen molar-refractivity contribution in [3.05, 3.63) is 75.9 Å². The topological polar surface area (TPSA) is 119 Å². The van der Waals surface area contributed by atoms with Crippen molar-refractivity contribution < 1.29 is 14.1 Å². The van der Waals surface area contributed by atoms with Crippen molar-refractivity contribution in [1.82, 2.24) is 20.0 Å². The number of hydrogen-bond acceptors (Lipinski definition) is 5. The van der Waals surface area contributed by atoms with Crippen LogP contribution in [0.2, 0.25) is 0 Å². The monoisotopic (exact) mass is 422 g/mol. The Bertz CT molecular complexity index is 1300. The Labute approximate surface area is 176 Å². The molecule has 0 fully saturated rings. The van der Waals surface area contributed by atoms with Gasteiger partial charge in [-0.2, -0.15) is 10.2 Å². The smallest absolute Gasteiger partial charge is 0.277 e. The van der Waals surface area contributed by atoms with Crippen molar-refractivity contribution in [3.8, 4) is 5.69 Å². The Morgan fingerprint density at radius 3 is 2.52 bits per heavy atom. The van der Waals surface area contributed by atoms with E-state index in [4.69, 9.17) is 0 Å². The molecule has 0 atom stereocenters. The molecular formula is C21H19FN6O3. The van der Waals surface area contributed by atoms with E-state index in [2.05, 4.69) is 20.6 Å². The number of carbonyl (C=O) groups is 1. The summed E-state index contributed by atoms with van der Waals surface area (Å²) in [6.45, 7) is 5.95. The molecule has 0 aliphatic heterocycles. The Morgan fingerprint density at radius 2 is 1.87 bits per heavy atom. The van der Waals surface area contributed by atoms with Gasteiger partial charge in [0.05, 0.1) is 21.8 Å². The van der Waals surface area contributed by atoms with Crippen LogP contribution in [-0.4, -0.2) is 30.8 Å². The molecule has 0 aliphatic rings. The predicted octanol–water partition coefficient (Wildman–Crippen LogP) is 4.35. The van der Waals surface area contributed by atoms with Gasteiger partial charge in [-0.25, -0.2) is 9.07 Å². The summed E-state index contributed by atoms with van der Waals surface area (Å²) in [5.74, 6) is -0.583. The van der Waals surface area contributed by atoms with Gasteiger partial charge < -0.3 is 5.32 Å². The van der Waals surface area contributed by atoms with Crippen molar-refractivity contribution in [2.24, 2.45) is 0 Å². The van der Waals surface area contributed by atoms with E-state index in [0.29, 0.717) is 22.4 Å². The first-order valence-corrected chi connectivity index (χ1v) is 9.44. The highest BCUT2D eigenvalue weighted by atomic mass is 19.1. The molecule has 158 valence electrons. The molecule has 0 spiro atoms. The van der Waals surface area contributed by atoms with Crippen LogP contribution in [0.3, 0.4) is 0 Å². The number of amides is 1. The van der Waals surface area contributed by atoms with Gasteiger partial charge in [-0.3, -0.25) is 20.0 Å². The van der Waals surface area contributed by atoms with E-state index in [0.717, 1.165) is 5.69 Å². The lowest BCUT2D eigenvalue weighted by Gasteiger charge is -2.14. The largest absolute Gasteiger partial charge is 0.305 e. The number of H-pyrrole nitrogens is 1. The van der Waals surface area contributed by atoms with Crippen LogP contribution >= 0.6 is 0 Å². The molecule has 4 aromatic rings. The van der Waals surface area contributed by atoms with E-state index < -0.39 is 10.8 Å². The minimum Gasteiger partial charge on any atom is -0.305 e. The molecule has 4 rings (SSSR count). The molecule has 0 bridgehead atoms. The number of rotatable bonds is 4. The number of nitro benzene ring substituents is 1. The summed E-state index contributed by atoms with van der Waals surface area (Å²) in [6.07, 6.45) is 0. The second-order valence-corrected chi connectivity index (χ2v) is 8.07. The van der Waals surface area contributed by atoms with Crippen molar-refractivity contribution >= 4 is 28.3 Å². The Hall–Kier alpha value is -4.08. The first kappa shape index (κ1) is 20.2. The number of halogens is 1. The highest BCUT2D eigenvalue weighted by molar-refractivity contribution is 6.11. The molecule has 1 amide bonds. The maximum Gasteiger partial charge on any atom is 0.277 e. The van der Waals surface area contributed by atoms with E-state index in [1.165, 1.54) is 35.0 Å². The minimum absolute atomic E-state index is 0.0165. The molecule has 0 aliphatic carbocycles. The fraction of sp³-hybridized carbons (Fsp3) is 0.190. The maximum absolute atomic E-state index is 13.4. The SMILES string of the molecule is CC(C)(C)c1cc(NC(=O)c2n[nH]c3ccc([N+](=O)[O-])cc23)n(-c2ccc(F)cc2)n1. The zero-order chi connectivity index (χ0) is 22.3. The average molecular weight is 422 g/mol. The molecule has 0 saturated heterocycles. The van der Waals surface area contributed by atoms with Gasteiger partial charge in [-0.15, -0.1) is 0 Å². The average Bonchev–Trinajstić information content (AvgIpc) is 3.32. The fourth-order valence-electron chi connectivity index (χ4n) is 3.08. The summed E-state index contributed by atoms with van der Waals surface area (Å²) >= 11 is 0. The summed E-state index contributed by atoms with van der Waals surface area (Å²) in [6, 6.07) is 11.6. The van der Waals surface area contributed by atoms with Gasteiger partial charge in [0.15, 0.2) is 5.69 Å². The van der Waals surface area contributed by atoms with Crippen LogP contribution in [0.15, 0.2) is 48.5 Å². The molecule has 9 nitrogen and oxygen atoms in total. The highest BCUT2D eigenvalue weighted by Crippen LogP contribution is 2.28. The molecule has 2 N–H and O–H groups in total. The van der Waals surface area contributed by atoms with Gasteiger partial charge >= 0.3 is 0 Å². The van der Waals surface area contributed by atoms with E-state index in [-0.39, 0.29) is 22.6 Å². The lowest BCUT2D eigenvalue weighted by atomic mass is 9.92. The predicted molar refractivity (Wildman–Crippen MR) is 113 cm³/mol. The zero-order valence-electron chi connectivity index (χ0n) is 17.0. The lowest BCUT2D eigenvalue weighted by Crippen LogP contribution is -2.16. The normalized spacial score (nSPS) is 11.6. The van der Waals surface area contributed by atoms with Crippen molar-refractivity contribution in [2.75, 3.05) is 5.32 Å². The van der Waals surface area contributed by atoms with Crippen molar-refractivity contribution in [2.45, 2.75) is 26.2 Å². The highest BCUT2D eigenvalue weighted by Gasteiger charge is 2.23. The number of anilines is 1. The van der Waals surface area contributed by atoms with Gasteiger partial charge in [0.1, 0.15) is 11.6 Å². The molecule has 10 heteroatoms. The number of benzene rings is 2. The number of hydrogen-bond donors (Lipinski definition) is 2. The van der Waals surface area contributed by atoms with Crippen molar-refractivity contribution in [3.63, 3.8) is 0 Å². The number of fused-ring (bicyclic) bond motifs is 1. The number of nitrogens with one attached hydrogen (secondary N) is 2. The molecule has 0 unspecified atom stereocenters. The fourth-order valence-corrected chi connectivity index (χ4v) is 3.08. The number of aromatic nitrogens is 4. The summed E-state index contributed by atoms with van der Waals surface area (Å²) < 4.78 is 14.9. The van der Waals surface area contributed by atoms with Crippen LogP contribution in [0.5, 0.6) is 0 Å². The van der Waals surface area contributed by atoms with Crippen LogP contribution in [0.1, 0.15) is 37.0 Å². The van der Waals surface area contributed by atoms with Crippen LogP contribution in [0.4, 0.5) is 15.9 Å². The lowest BCUT2D eigenvalue weighted by molar-refractivity contribution is -0.384. The van der Waals surface area contributed by atoms with Crippen molar-refractivity contribution in [1.29, 1.82) is 0 Å².